The molecular weight excluding hydrogens is 340 g/mol. The van der Waals surface area contributed by atoms with Gasteiger partial charge in [0, 0.05) is 17.4 Å². The summed E-state index contributed by atoms with van der Waals surface area (Å²) in [7, 11) is 0. The molecule has 1 heterocycles. The molecular formula is C18H18N2O4S. The van der Waals surface area contributed by atoms with E-state index in [-0.39, 0.29) is 23.3 Å². The van der Waals surface area contributed by atoms with Crippen LogP contribution >= 0.6 is 11.8 Å². The van der Waals surface area contributed by atoms with Crippen LogP contribution in [0.15, 0.2) is 48.5 Å². The Hall–Kier alpha value is -2.67. The van der Waals surface area contributed by atoms with E-state index in [0.717, 1.165) is 5.69 Å². The lowest BCUT2D eigenvalue weighted by Gasteiger charge is -2.19. The van der Waals surface area contributed by atoms with E-state index >= 15 is 0 Å². The van der Waals surface area contributed by atoms with Crippen molar-refractivity contribution in [1.82, 2.24) is 0 Å². The molecule has 2 amide bonds. The minimum absolute atomic E-state index is 0.136. The summed E-state index contributed by atoms with van der Waals surface area (Å²) < 4.78 is 10.9. The Morgan fingerprint density at radius 1 is 0.840 bits per heavy atom. The van der Waals surface area contributed by atoms with Crippen molar-refractivity contribution in [2.24, 2.45) is 0 Å². The third kappa shape index (κ3) is 5.15. The molecule has 1 aliphatic heterocycles. The Balaban J connectivity index is 1.41. The first-order valence-electron chi connectivity index (χ1n) is 7.83. The zero-order valence-electron chi connectivity index (χ0n) is 13.5. The van der Waals surface area contributed by atoms with Crippen LogP contribution in [0.1, 0.15) is 0 Å². The van der Waals surface area contributed by atoms with Gasteiger partial charge in [-0.3, -0.25) is 9.59 Å². The number of hydrogen-bond acceptors (Lipinski definition) is 5. The number of rotatable bonds is 6. The number of ether oxygens (including phenoxy) is 2. The average molecular weight is 358 g/mol. The number of fused-ring (bicyclic) bond motifs is 1. The molecule has 2 aromatic rings. The molecule has 0 saturated heterocycles. The van der Waals surface area contributed by atoms with Crippen LogP contribution < -0.4 is 20.1 Å². The predicted octanol–water partition coefficient (Wildman–Crippen LogP) is 2.77. The van der Waals surface area contributed by atoms with Crippen LogP contribution in [0.2, 0.25) is 0 Å². The van der Waals surface area contributed by atoms with E-state index in [2.05, 4.69) is 10.6 Å². The summed E-state index contributed by atoms with van der Waals surface area (Å²) >= 11 is 1.26. The highest BCUT2D eigenvalue weighted by Gasteiger charge is 2.13. The summed E-state index contributed by atoms with van der Waals surface area (Å²) in [6, 6.07) is 14.5. The molecule has 0 spiro atoms. The molecule has 0 unspecified atom stereocenters. The number of thioether (sulfide) groups is 1. The largest absolute Gasteiger partial charge is 0.486 e. The highest BCUT2D eigenvalue weighted by molar-refractivity contribution is 8.00. The first-order valence-corrected chi connectivity index (χ1v) is 8.98. The van der Waals surface area contributed by atoms with Crippen LogP contribution in [0, 0.1) is 0 Å². The first-order chi connectivity index (χ1) is 12.2. The molecule has 0 aromatic heterocycles. The quantitative estimate of drug-likeness (QED) is 0.830. The molecule has 0 aliphatic carbocycles. The van der Waals surface area contributed by atoms with Crippen molar-refractivity contribution in [2.75, 3.05) is 35.4 Å². The van der Waals surface area contributed by atoms with Crippen molar-refractivity contribution in [3.8, 4) is 11.5 Å². The van der Waals surface area contributed by atoms with E-state index in [0.29, 0.717) is 30.4 Å². The Labute approximate surface area is 149 Å². The molecule has 0 bridgehead atoms. The van der Waals surface area contributed by atoms with Gasteiger partial charge in [-0.15, -0.1) is 11.8 Å². The molecule has 2 aromatic carbocycles. The number of carbonyl (C=O) groups is 2. The predicted molar refractivity (Wildman–Crippen MR) is 98.5 cm³/mol. The van der Waals surface area contributed by atoms with Crippen LogP contribution in [-0.2, 0) is 9.59 Å². The van der Waals surface area contributed by atoms with Gasteiger partial charge in [-0.1, -0.05) is 18.2 Å². The van der Waals surface area contributed by atoms with Crippen LogP contribution in [0.3, 0.4) is 0 Å². The van der Waals surface area contributed by atoms with Crippen molar-refractivity contribution in [1.29, 1.82) is 0 Å². The standard InChI is InChI=1S/C18H18N2O4S/c21-17(19-13-4-2-1-3-5-13)11-25-12-18(22)20-14-6-7-15-16(10-14)24-9-8-23-15/h1-7,10H,8-9,11-12H2,(H,19,21)(H,20,22). The van der Waals surface area contributed by atoms with Crippen molar-refractivity contribution in [2.45, 2.75) is 0 Å². The zero-order chi connectivity index (χ0) is 17.5. The van der Waals surface area contributed by atoms with Gasteiger partial charge in [0.1, 0.15) is 13.2 Å². The van der Waals surface area contributed by atoms with E-state index in [9.17, 15) is 9.59 Å². The van der Waals surface area contributed by atoms with Gasteiger partial charge < -0.3 is 20.1 Å². The Bertz CT molecular complexity index is 752. The zero-order valence-corrected chi connectivity index (χ0v) is 14.3. The second kappa shape index (κ2) is 8.43. The summed E-state index contributed by atoms with van der Waals surface area (Å²) in [6.45, 7) is 1.02. The highest BCUT2D eigenvalue weighted by Crippen LogP contribution is 2.32. The lowest BCUT2D eigenvalue weighted by Crippen LogP contribution is -2.19. The molecule has 0 radical (unpaired) electrons. The number of nitrogens with one attached hydrogen (secondary N) is 2. The van der Waals surface area contributed by atoms with E-state index in [1.807, 2.05) is 30.3 Å². The van der Waals surface area contributed by atoms with Crippen LogP contribution in [0.5, 0.6) is 11.5 Å². The van der Waals surface area contributed by atoms with Crippen molar-refractivity contribution in [3.05, 3.63) is 48.5 Å². The number of amides is 2. The third-order valence-electron chi connectivity index (χ3n) is 3.35. The maximum absolute atomic E-state index is 12.0. The molecule has 3 rings (SSSR count). The van der Waals surface area contributed by atoms with Gasteiger partial charge in [0.2, 0.25) is 11.8 Å². The molecule has 1 aliphatic rings. The number of anilines is 2. The summed E-state index contributed by atoms with van der Waals surface area (Å²) in [4.78, 5) is 23.8. The van der Waals surface area contributed by atoms with E-state index < -0.39 is 0 Å². The number of carbonyl (C=O) groups excluding carboxylic acids is 2. The molecule has 7 heteroatoms. The van der Waals surface area contributed by atoms with Gasteiger partial charge in [0.15, 0.2) is 11.5 Å². The maximum Gasteiger partial charge on any atom is 0.234 e. The Morgan fingerprint density at radius 3 is 2.20 bits per heavy atom. The smallest absolute Gasteiger partial charge is 0.234 e. The summed E-state index contributed by atoms with van der Waals surface area (Å²) in [5, 5.41) is 5.57. The maximum atomic E-state index is 12.0. The van der Waals surface area contributed by atoms with Gasteiger partial charge >= 0.3 is 0 Å². The average Bonchev–Trinajstić information content (AvgIpc) is 2.62. The van der Waals surface area contributed by atoms with Crippen molar-refractivity contribution in [3.63, 3.8) is 0 Å². The van der Waals surface area contributed by atoms with Crippen molar-refractivity contribution < 1.29 is 19.1 Å². The summed E-state index contributed by atoms with van der Waals surface area (Å²) in [6.07, 6.45) is 0. The number of benzene rings is 2. The molecule has 0 fully saturated rings. The molecule has 25 heavy (non-hydrogen) atoms. The molecule has 6 nitrogen and oxygen atoms in total. The molecule has 0 saturated carbocycles. The van der Waals surface area contributed by atoms with E-state index in [1.54, 1.807) is 18.2 Å². The normalized spacial score (nSPS) is 12.3. The van der Waals surface area contributed by atoms with Crippen LogP contribution in [0.25, 0.3) is 0 Å². The highest BCUT2D eigenvalue weighted by atomic mass is 32.2. The number of hydrogen-bond donors (Lipinski definition) is 2. The lowest BCUT2D eigenvalue weighted by atomic mass is 10.2. The second-order valence-electron chi connectivity index (χ2n) is 5.31. The minimum atomic E-state index is -0.172. The Morgan fingerprint density at radius 2 is 1.48 bits per heavy atom. The fourth-order valence-corrected chi connectivity index (χ4v) is 2.89. The fourth-order valence-electron chi connectivity index (χ4n) is 2.27. The molecule has 0 atom stereocenters. The summed E-state index contributed by atoms with van der Waals surface area (Å²) in [5.41, 5.74) is 1.39. The fraction of sp³-hybridized carbons (Fsp3) is 0.222. The number of para-hydroxylation sites is 1. The van der Waals surface area contributed by atoms with Crippen LogP contribution in [-0.4, -0.2) is 36.5 Å². The van der Waals surface area contributed by atoms with Gasteiger partial charge in [-0.2, -0.15) is 0 Å². The van der Waals surface area contributed by atoms with Gasteiger partial charge in [-0.05, 0) is 24.3 Å². The molecule has 2 N–H and O–H groups in total. The lowest BCUT2D eigenvalue weighted by molar-refractivity contribution is -0.114. The third-order valence-corrected chi connectivity index (χ3v) is 4.28. The Kier molecular flexibility index (Phi) is 5.79. The minimum Gasteiger partial charge on any atom is -0.486 e. The summed E-state index contributed by atoms with van der Waals surface area (Å²) in [5.74, 6) is 1.40. The SMILES string of the molecule is O=C(CSCC(=O)Nc1ccc2c(c1)OCCO2)Nc1ccccc1. The van der Waals surface area contributed by atoms with Gasteiger partial charge in [-0.25, -0.2) is 0 Å². The van der Waals surface area contributed by atoms with E-state index in [4.69, 9.17) is 9.47 Å². The van der Waals surface area contributed by atoms with E-state index in [1.165, 1.54) is 11.8 Å². The topological polar surface area (TPSA) is 76.7 Å². The monoisotopic (exact) mass is 358 g/mol. The second-order valence-corrected chi connectivity index (χ2v) is 6.30. The van der Waals surface area contributed by atoms with Gasteiger partial charge in [0.25, 0.3) is 0 Å². The molecule has 130 valence electrons. The first kappa shape index (κ1) is 17.2. The van der Waals surface area contributed by atoms with Gasteiger partial charge in [0.05, 0.1) is 11.5 Å². The van der Waals surface area contributed by atoms with Crippen molar-refractivity contribution >= 4 is 35.0 Å². The van der Waals surface area contributed by atoms with Crippen LogP contribution in [0.4, 0.5) is 11.4 Å².